The average molecular weight is 446 g/mol. The Hall–Kier alpha value is -4.24. The van der Waals surface area contributed by atoms with E-state index in [4.69, 9.17) is 15.5 Å². The average Bonchev–Trinajstić information content (AvgIpc) is 3.54. The molecule has 1 aliphatic rings. The summed E-state index contributed by atoms with van der Waals surface area (Å²) in [7, 11) is 3.21. The number of nitrogens with two attached hydrogens (primary N) is 1. The first-order chi connectivity index (χ1) is 16.0. The maximum absolute atomic E-state index is 11.9. The van der Waals surface area contributed by atoms with E-state index in [9.17, 15) is 10.1 Å². The van der Waals surface area contributed by atoms with Crippen LogP contribution in [0, 0.1) is 11.3 Å². The van der Waals surface area contributed by atoms with E-state index in [2.05, 4.69) is 31.8 Å². The molecule has 1 amide bonds. The molecule has 0 radical (unpaired) electrons. The Morgan fingerprint density at radius 2 is 2.24 bits per heavy atom. The minimum Gasteiger partial charge on any atom is -0.382 e. The van der Waals surface area contributed by atoms with E-state index in [1.165, 1.54) is 0 Å². The monoisotopic (exact) mass is 446 g/mol. The van der Waals surface area contributed by atoms with Crippen LogP contribution in [0.4, 0.5) is 5.82 Å². The molecule has 0 aliphatic heterocycles. The van der Waals surface area contributed by atoms with Gasteiger partial charge in [0.25, 0.3) is 5.91 Å². The molecule has 0 spiro atoms. The molecule has 1 saturated carbocycles. The van der Waals surface area contributed by atoms with Crippen molar-refractivity contribution in [2.24, 2.45) is 0 Å². The maximum atomic E-state index is 11.9. The molecule has 4 aromatic rings. The van der Waals surface area contributed by atoms with Crippen molar-refractivity contribution in [3.8, 4) is 28.7 Å². The SMILES string of the molecule is CNC(=O)c1cc(-c2cn3nccc3c(-c3cn(C4(CC#N)CC(OC)C4)nc3N)n2)n[nH]1. The predicted octanol–water partition coefficient (Wildman–Crippen LogP) is 1.34. The van der Waals surface area contributed by atoms with Crippen LogP contribution in [0.15, 0.2) is 30.7 Å². The van der Waals surface area contributed by atoms with Gasteiger partial charge in [-0.3, -0.25) is 14.6 Å². The van der Waals surface area contributed by atoms with Crippen LogP contribution in [-0.4, -0.2) is 60.7 Å². The predicted molar refractivity (Wildman–Crippen MR) is 118 cm³/mol. The van der Waals surface area contributed by atoms with Crippen molar-refractivity contribution in [2.45, 2.75) is 30.9 Å². The van der Waals surface area contributed by atoms with Crippen LogP contribution in [-0.2, 0) is 10.3 Å². The van der Waals surface area contributed by atoms with E-state index in [1.807, 2.05) is 12.3 Å². The first-order valence-corrected chi connectivity index (χ1v) is 10.4. The van der Waals surface area contributed by atoms with E-state index in [0.717, 1.165) is 5.52 Å². The molecule has 0 saturated heterocycles. The van der Waals surface area contributed by atoms with Gasteiger partial charge in [-0.05, 0) is 25.0 Å². The third-order valence-corrected chi connectivity index (χ3v) is 6.14. The summed E-state index contributed by atoms with van der Waals surface area (Å²) in [5, 5.41) is 27.8. The van der Waals surface area contributed by atoms with E-state index >= 15 is 0 Å². The molecule has 4 N–H and O–H groups in total. The second-order valence-corrected chi connectivity index (χ2v) is 8.08. The van der Waals surface area contributed by atoms with Gasteiger partial charge in [0.1, 0.15) is 22.8 Å². The number of aromatic amines is 1. The number of anilines is 1. The summed E-state index contributed by atoms with van der Waals surface area (Å²) < 4.78 is 8.88. The van der Waals surface area contributed by atoms with E-state index in [0.29, 0.717) is 53.4 Å². The van der Waals surface area contributed by atoms with Gasteiger partial charge in [0.15, 0.2) is 5.82 Å². The number of hydrogen-bond donors (Lipinski definition) is 3. The lowest BCUT2D eigenvalue weighted by atomic mass is 9.72. The van der Waals surface area contributed by atoms with Crippen molar-refractivity contribution < 1.29 is 9.53 Å². The van der Waals surface area contributed by atoms with Crippen molar-refractivity contribution in [3.63, 3.8) is 0 Å². The summed E-state index contributed by atoms with van der Waals surface area (Å²) in [6.45, 7) is 0. The lowest BCUT2D eigenvalue weighted by molar-refractivity contribution is -0.0540. The van der Waals surface area contributed by atoms with E-state index in [-0.39, 0.29) is 12.0 Å². The summed E-state index contributed by atoms with van der Waals surface area (Å²) in [6.07, 6.45) is 6.99. The lowest BCUT2D eigenvalue weighted by Crippen LogP contribution is -2.50. The normalized spacial score (nSPS) is 19.8. The summed E-state index contributed by atoms with van der Waals surface area (Å²) in [5.41, 5.74) is 9.13. The number of methoxy groups -OCH3 is 1. The lowest BCUT2D eigenvalue weighted by Gasteiger charge is -2.45. The smallest absolute Gasteiger partial charge is 0.269 e. The van der Waals surface area contributed by atoms with Crippen LogP contribution in [0.25, 0.3) is 28.2 Å². The number of nitrogens with zero attached hydrogens (tertiary/aromatic N) is 7. The Morgan fingerprint density at radius 3 is 2.97 bits per heavy atom. The van der Waals surface area contributed by atoms with Crippen LogP contribution in [0.3, 0.4) is 0 Å². The molecule has 12 nitrogen and oxygen atoms in total. The summed E-state index contributed by atoms with van der Waals surface area (Å²) in [4.78, 5) is 16.7. The van der Waals surface area contributed by atoms with Crippen molar-refractivity contribution in [1.29, 1.82) is 5.26 Å². The molecular weight excluding hydrogens is 424 g/mol. The van der Waals surface area contributed by atoms with Crippen LogP contribution < -0.4 is 11.1 Å². The Kier molecular flexibility index (Phi) is 4.83. The van der Waals surface area contributed by atoms with Crippen molar-refractivity contribution in [1.82, 2.24) is 39.9 Å². The van der Waals surface area contributed by atoms with Crippen LogP contribution in [0.1, 0.15) is 29.8 Å². The van der Waals surface area contributed by atoms with Crippen LogP contribution in [0.2, 0.25) is 0 Å². The number of H-pyrrole nitrogens is 1. The molecule has 0 bridgehead atoms. The van der Waals surface area contributed by atoms with Gasteiger partial charge < -0.3 is 15.8 Å². The van der Waals surface area contributed by atoms with Crippen molar-refractivity contribution in [2.75, 3.05) is 19.9 Å². The standard InChI is InChI=1S/C21H22N10O2/c1-24-20(32)15-7-14(27-28-15)16-11-30-17(3-6-25-30)18(26-16)13-10-31(29-19(13)23)21(4-5-22)8-12(9-21)33-2/h3,6-7,10-12H,4,8-9H2,1-2H3,(H2,23,29)(H,24,32)(H,27,28). The Bertz CT molecular complexity index is 1390. The fraction of sp³-hybridized carbons (Fsp3) is 0.333. The number of rotatable bonds is 6. The number of nitrogen functional groups attached to an aromatic ring is 1. The minimum atomic E-state index is -0.458. The van der Waals surface area contributed by atoms with Gasteiger partial charge in [0.2, 0.25) is 0 Å². The highest BCUT2D eigenvalue weighted by molar-refractivity contribution is 5.93. The molecule has 1 fully saturated rings. The summed E-state index contributed by atoms with van der Waals surface area (Å²) in [5.74, 6) is 0.0197. The first-order valence-electron chi connectivity index (χ1n) is 10.4. The van der Waals surface area contributed by atoms with Gasteiger partial charge >= 0.3 is 0 Å². The first kappa shape index (κ1) is 20.7. The quantitative estimate of drug-likeness (QED) is 0.399. The number of nitrogens with one attached hydrogen (secondary N) is 2. The van der Waals surface area contributed by atoms with Crippen molar-refractivity contribution >= 4 is 17.2 Å². The Balaban J connectivity index is 1.60. The van der Waals surface area contributed by atoms with E-state index in [1.54, 1.807) is 41.8 Å². The van der Waals surface area contributed by atoms with Gasteiger partial charge in [0, 0.05) is 20.4 Å². The fourth-order valence-corrected chi connectivity index (χ4v) is 4.28. The number of fused-ring (bicyclic) bond motifs is 1. The molecule has 0 aromatic carbocycles. The molecule has 0 atom stereocenters. The molecule has 0 unspecified atom stereocenters. The van der Waals surface area contributed by atoms with Gasteiger partial charge in [-0.2, -0.15) is 20.6 Å². The highest BCUT2D eigenvalue weighted by atomic mass is 16.5. The molecule has 1 aliphatic carbocycles. The zero-order valence-electron chi connectivity index (χ0n) is 18.1. The molecular formula is C21H22N10O2. The summed E-state index contributed by atoms with van der Waals surface area (Å²) >= 11 is 0. The highest BCUT2D eigenvalue weighted by Crippen LogP contribution is 2.44. The second-order valence-electron chi connectivity index (χ2n) is 8.08. The van der Waals surface area contributed by atoms with Gasteiger partial charge in [-0.15, -0.1) is 0 Å². The van der Waals surface area contributed by atoms with Crippen LogP contribution >= 0.6 is 0 Å². The molecule has 4 aromatic heterocycles. The van der Waals surface area contributed by atoms with Gasteiger partial charge in [-0.25, -0.2) is 9.50 Å². The third kappa shape index (κ3) is 3.30. The highest BCUT2D eigenvalue weighted by Gasteiger charge is 2.47. The molecule has 4 heterocycles. The largest absolute Gasteiger partial charge is 0.382 e. The fourth-order valence-electron chi connectivity index (χ4n) is 4.28. The molecule has 33 heavy (non-hydrogen) atoms. The maximum Gasteiger partial charge on any atom is 0.269 e. The zero-order chi connectivity index (χ0) is 23.2. The Morgan fingerprint density at radius 1 is 1.42 bits per heavy atom. The van der Waals surface area contributed by atoms with Gasteiger partial charge in [0.05, 0.1) is 47.6 Å². The zero-order valence-corrected chi connectivity index (χ0v) is 18.1. The number of carbonyl (C=O) groups is 1. The summed E-state index contributed by atoms with van der Waals surface area (Å²) in [6, 6.07) is 5.71. The molecule has 5 rings (SSSR count). The number of aromatic nitrogens is 7. The number of nitriles is 1. The third-order valence-electron chi connectivity index (χ3n) is 6.14. The number of ether oxygens (including phenoxy) is 1. The van der Waals surface area contributed by atoms with E-state index < -0.39 is 5.54 Å². The second kappa shape index (κ2) is 7.72. The number of carbonyl (C=O) groups excluding carboxylic acids is 1. The number of amides is 1. The Labute approximate surface area is 188 Å². The van der Waals surface area contributed by atoms with Crippen molar-refractivity contribution in [3.05, 3.63) is 36.4 Å². The minimum absolute atomic E-state index is 0.0874. The van der Waals surface area contributed by atoms with Gasteiger partial charge in [-0.1, -0.05) is 0 Å². The topological polar surface area (TPSA) is 165 Å². The number of hydrogen-bond acceptors (Lipinski definition) is 8. The molecule has 12 heteroatoms. The molecule has 168 valence electrons. The van der Waals surface area contributed by atoms with Crippen LogP contribution in [0.5, 0.6) is 0 Å².